The first-order chi connectivity index (χ1) is 6.25. The summed E-state index contributed by atoms with van der Waals surface area (Å²) in [5.74, 6) is 1.05. The molecular formula is C10H13N3. The van der Waals surface area contributed by atoms with E-state index in [-0.39, 0.29) is 0 Å². The van der Waals surface area contributed by atoms with Crippen molar-refractivity contribution in [2.24, 2.45) is 0 Å². The highest BCUT2D eigenvalue weighted by Gasteiger charge is 2.45. The van der Waals surface area contributed by atoms with Gasteiger partial charge in [-0.05, 0) is 25.0 Å². The Bertz CT molecular complexity index is 361. The predicted octanol–water partition coefficient (Wildman–Crippen LogP) is 1.39. The third-order valence-electron chi connectivity index (χ3n) is 2.96. The van der Waals surface area contributed by atoms with E-state index in [2.05, 4.69) is 35.2 Å². The highest BCUT2D eigenvalue weighted by Crippen LogP contribution is 2.41. The van der Waals surface area contributed by atoms with Gasteiger partial charge in [0.2, 0.25) is 0 Å². The van der Waals surface area contributed by atoms with E-state index in [1.807, 2.05) is 6.20 Å². The van der Waals surface area contributed by atoms with Gasteiger partial charge in [0, 0.05) is 13.2 Å². The van der Waals surface area contributed by atoms with Crippen molar-refractivity contribution in [1.82, 2.24) is 4.98 Å². The van der Waals surface area contributed by atoms with Crippen LogP contribution in [0.5, 0.6) is 0 Å². The highest BCUT2D eigenvalue weighted by atomic mass is 15.3. The number of pyridine rings is 1. The molecular weight excluding hydrogens is 162 g/mol. The summed E-state index contributed by atoms with van der Waals surface area (Å²) in [7, 11) is 2.16. The Morgan fingerprint density at radius 1 is 1.62 bits per heavy atom. The molecule has 0 spiro atoms. The molecule has 2 unspecified atom stereocenters. The van der Waals surface area contributed by atoms with Crippen LogP contribution in [0.1, 0.15) is 12.0 Å². The number of aryl methyl sites for hydroxylation is 1. The average molecular weight is 175 g/mol. The topological polar surface area (TPSA) is 28.2 Å². The molecule has 0 amide bonds. The quantitative estimate of drug-likeness (QED) is 0.646. The molecule has 3 heteroatoms. The van der Waals surface area contributed by atoms with Crippen molar-refractivity contribution in [3.63, 3.8) is 0 Å². The zero-order chi connectivity index (χ0) is 9.00. The molecule has 3 nitrogen and oxygen atoms in total. The van der Waals surface area contributed by atoms with Crippen LogP contribution in [0.3, 0.4) is 0 Å². The van der Waals surface area contributed by atoms with Crippen molar-refractivity contribution in [3.8, 4) is 0 Å². The van der Waals surface area contributed by atoms with E-state index >= 15 is 0 Å². The molecule has 1 fully saturated rings. The number of likely N-dealkylation sites (N-methyl/N-ethyl adjacent to an activating group) is 1. The fraction of sp³-hybridized carbons (Fsp3) is 0.500. The minimum atomic E-state index is 0.646. The van der Waals surface area contributed by atoms with Crippen LogP contribution in [-0.2, 0) is 0 Å². The summed E-state index contributed by atoms with van der Waals surface area (Å²) in [5, 5.41) is 3.44. The Kier molecular flexibility index (Phi) is 1.19. The summed E-state index contributed by atoms with van der Waals surface area (Å²) < 4.78 is 0. The van der Waals surface area contributed by atoms with Gasteiger partial charge in [-0.25, -0.2) is 4.98 Å². The summed E-state index contributed by atoms with van der Waals surface area (Å²) in [6.07, 6.45) is 3.17. The van der Waals surface area contributed by atoms with Crippen LogP contribution in [0, 0.1) is 6.92 Å². The van der Waals surface area contributed by atoms with Crippen LogP contribution < -0.4 is 10.2 Å². The minimum Gasteiger partial charge on any atom is -0.366 e. The molecule has 0 saturated heterocycles. The predicted molar refractivity (Wildman–Crippen MR) is 53.2 cm³/mol. The molecule has 1 aliphatic carbocycles. The second-order valence-corrected chi connectivity index (χ2v) is 4.05. The largest absolute Gasteiger partial charge is 0.366 e. The molecule has 1 aliphatic heterocycles. The fourth-order valence-electron chi connectivity index (χ4n) is 2.05. The van der Waals surface area contributed by atoms with Gasteiger partial charge in [-0.1, -0.05) is 0 Å². The van der Waals surface area contributed by atoms with Crippen LogP contribution in [0.15, 0.2) is 12.3 Å². The maximum atomic E-state index is 4.39. The van der Waals surface area contributed by atoms with Gasteiger partial charge in [0.25, 0.3) is 0 Å². The lowest BCUT2D eigenvalue weighted by Crippen LogP contribution is -2.31. The third kappa shape index (κ3) is 0.930. The first kappa shape index (κ1) is 7.18. The molecule has 0 aromatic carbocycles. The number of aromatic nitrogens is 1. The van der Waals surface area contributed by atoms with E-state index in [0.717, 1.165) is 5.82 Å². The first-order valence-electron chi connectivity index (χ1n) is 4.72. The average Bonchev–Trinajstić information content (AvgIpc) is 2.86. The summed E-state index contributed by atoms with van der Waals surface area (Å²) in [6.45, 7) is 2.08. The number of hydrogen-bond donors (Lipinski definition) is 1. The molecule has 3 rings (SSSR count). The number of anilines is 2. The van der Waals surface area contributed by atoms with E-state index in [4.69, 9.17) is 0 Å². The second-order valence-electron chi connectivity index (χ2n) is 4.05. The van der Waals surface area contributed by atoms with Crippen LogP contribution in [-0.4, -0.2) is 24.1 Å². The summed E-state index contributed by atoms with van der Waals surface area (Å²) >= 11 is 0. The molecule has 0 bridgehead atoms. The molecule has 2 heterocycles. The Morgan fingerprint density at radius 2 is 2.46 bits per heavy atom. The van der Waals surface area contributed by atoms with Gasteiger partial charge in [-0.2, -0.15) is 0 Å². The first-order valence-corrected chi connectivity index (χ1v) is 4.72. The minimum absolute atomic E-state index is 0.646. The molecule has 68 valence electrons. The lowest BCUT2D eigenvalue weighted by molar-refractivity contribution is 0.855. The molecule has 1 aromatic rings. The van der Waals surface area contributed by atoms with E-state index in [1.165, 1.54) is 17.7 Å². The number of hydrogen-bond acceptors (Lipinski definition) is 3. The Labute approximate surface area is 77.8 Å². The van der Waals surface area contributed by atoms with Gasteiger partial charge in [0.1, 0.15) is 5.82 Å². The SMILES string of the molecule is Cc1cnc2c(c1)N(C)C1CC1N2. The standard InChI is InChI=1S/C10H13N3/c1-6-3-9-10(11-5-6)12-7-4-8(7)13(9)2/h3,5,7-8H,4H2,1-2H3,(H,11,12). The summed E-state index contributed by atoms with van der Waals surface area (Å²) in [6, 6.07) is 3.55. The van der Waals surface area contributed by atoms with Crippen LogP contribution >= 0.6 is 0 Å². The fourth-order valence-corrected chi connectivity index (χ4v) is 2.05. The Morgan fingerprint density at radius 3 is 3.31 bits per heavy atom. The zero-order valence-corrected chi connectivity index (χ0v) is 7.91. The smallest absolute Gasteiger partial charge is 0.149 e. The molecule has 1 saturated carbocycles. The van der Waals surface area contributed by atoms with Crippen molar-refractivity contribution in [1.29, 1.82) is 0 Å². The maximum absolute atomic E-state index is 4.39. The van der Waals surface area contributed by atoms with E-state index in [9.17, 15) is 0 Å². The van der Waals surface area contributed by atoms with Gasteiger partial charge < -0.3 is 10.2 Å². The van der Waals surface area contributed by atoms with E-state index in [1.54, 1.807) is 0 Å². The maximum Gasteiger partial charge on any atom is 0.149 e. The van der Waals surface area contributed by atoms with Gasteiger partial charge in [0.05, 0.1) is 17.8 Å². The molecule has 2 atom stereocenters. The lowest BCUT2D eigenvalue weighted by Gasteiger charge is -2.27. The van der Waals surface area contributed by atoms with Crippen molar-refractivity contribution in [3.05, 3.63) is 17.8 Å². The van der Waals surface area contributed by atoms with E-state index < -0.39 is 0 Å². The number of fused-ring (bicyclic) bond motifs is 2. The van der Waals surface area contributed by atoms with Gasteiger partial charge in [-0.3, -0.25) is 0 Å². The molecule has 1 N–H and O–H groups in total. The third-order valence-corrected chi connectivity index (χ3v) is 2.96. The lowest BCUT2D eigenvalue weighted by atomic mass is 10.2. The molecule has 13 heavy (non-hydrogen) atoms. The number of nitrogens with zero attached hydrogens (tertiary/aromatic N) is 2. The van der Waals surface area contributed by atoms with Gasteiger partial charge >= 0.3 is 0 Å². The number of nitrogens with one attached hydrogen (secondary N) is 1. The Hall–Kier alpha value is -1.25. The van der Waals surface area contributed by atoms with Crippen molar-refractivity contribution in [2.75, 3.05) is 17.3 Å². The summed E-state index contributed by atoms with van der Waals surface area (Å²) in [4.78, 5) is 6.74. The Balaban J connectivity index is 2.11. The molecule has 1 aromatic heterocycles. The van der Waals surface area contributed by atoms with Crippen molar-refractivity contribution in [2.45, 2.75) is 25.4 Å². The normalized spacial score (nSPS) is 28.9. The van der Waals surface area contributed by atoms with Crippen molar-refractivity contribution >= 4 is 11.5 Å². The monoisotopic (exact) mass is 175 g/mol. The van der Waals surface area contributed by atoms with Gasteiger partial charge in [0.15, 0.2) is 0 Å². The second kappa shape index (κ2) is 2.16. The van der Waals surface area contributed by atoms with Crippen LogP contribution in [0.4, 0.5) is 11.5 Å². The highest BCUT2D eigenvalue weighted by molar-refractivity contribution is 5.72. The van der Waals surface area contributed by atoms with Gasteiger partial charge in [-0.15, -0.1) is 0 Å². The van der Waals surface area contributed by atoms with Crippen LogP contribution in [0.25, 0.3) is 0 Å². The molecule has 2 aliphatic rings. The van der Waals surface area contributed by atoms with E-state index in [0.29, 0.717) is 12.1 Å². The molecule has 0 radical (unpaired) electrons. The number of rotatable bonds is 0. The summed E-state index contributed by atoms with van der Waals surface area (Å²) in [5.41, 5.74) is 2.48. The van der Waals surface area contributed by atoms with Crippen molar-refractivity contribution < 1.29 is 0 Å². The zero-order valence-electron chi connectivity index (χ0n) is 7.91. The van der Waals surface area contributed by atoms with Crippen LogP contribution in [0.2, 0.25) is 0 Å².